The molecule has 1 saturated heterocycles. The fourth-order valence-electron chi connectivity index (χ4n) is 4.36. The van der Waals surface area contributed by atoms with Gasteiger partial charge >= 0.3 is 0 Å². The summed E-state index contributed by atoms with van der Waals surface area (Å²) >= 11 is 1.69. The number of nitrogens with zero attached hydrogens (tertiary/aromatic N) is 1. The second kappa shape index (κ2) is 9.09. The van der Waals surface area contributed by atoms with Crippen LogP contribution >= 0.6 is 11.8 Å². The van der Waals surface area contributed by atoms with E-state index in [9.17, 15) is 9.59 Å². The van der Waals surface area contributed by atoms with E-state index in [2.05, 4.69) is 24.4 Å². The van der Waals surface area contributed by atoms with Gasteiger partial charge < -0.3 is 10.2 Å². The SMILES string of the molecule is Cc1ccccc1/C=C1\SC2CCC(C(=O)NCc3ccccc3)CC2N(C)C1=O. The summed E-state index contributed by atoms with van der Waals surface area (Å²) in [5.74, 6) is 0.131. The number of thioether (sulfide) groups is 1. The van der Waals surface area contributed by atoms with Gasteiger partial charge in [-0.05, 0) is 49.0 Å². The smallest absolute Gasteiger partial charge is 0.260 e. The predicted molar refractivity (Wildman–Crippen MR) is 123 cm³/mol. The van der Waals surface area contributed by atoms with Gasteiger partial charge in [0.25, 0.3) is 5.91 Å². The fraction of sp³-hybridized carbons (Fsp3) is 0.360. The van der Waals surface area contributed by atoms with E-state index in [4.69, 9.17) is 0 Å². The van der Waals surface area contributed by atoms with Crippen LogP contribution in [0, 0.1) is 12.8 Å². The summed E-state index contributed by atoms with van der Waals surface area (Å²) in [7, 11) is 1.88. The molecule has 0 spiro atoms. The molecule has 4 rings (SSSR count). The van der Waals surface area contributed by atoms with E-state index in [-0.39, 0.29) is 23.8 Å². The summed E-state index contributed by atoms with van der Waals surface area (Å²) in [6.45, 7) is 2.62. The Morgan fingerprint density at radius 2 is 1.87 bits per heavy atom. The molecule has 156 valence electrons. The highest BCUT2D eigenvalue weighted by molar-refractivity contribution is 8.04. The van der Waals surface area contributed by atoms with Crippen molar-refractivity contribution in [2.45, 2.75) is 44.0 Å². The van der Waals surface area contributed by atoms with Crippen molar-refractivity contribution in [2.75, 3.05) is 7.05 Å². The third-order valence-corrected chi connectivity index (χ3v) is 7.62. The lowest BCUT2D eigenvalue weighted by atomic mass is 9.83. The van der Waals surface area contributed by atoms with Crippen molar-refractivity contribution in [1.29, 1.82) is 0 Å². The second-order valence-electron chi connectivity index (χ2n) is 8.22. The monoisotopic (exact) mass is 420 g/mol. The average Bonchev–Trinajstić information content (AvgIpc) is 2.77. The number of aryl methyl sites for hydroxylation is 1. The molecule has 2 aromatic rings. The number of benzene rings is 2. The minimum atomic E-state index is -0.0345. The van der Waals surface area contributed by atoms with Crippen LogP contribution in [0.25, 0.3) is 6.08 Å². The third kappa shape index (κ3) is 4.46. The highest BCUT2D eigenvalue weighted by Gasteiger charge is 2.42. The van der Waals surface area contributed by atoms with Gasteiger partial charge in [-0.3, -0.25) is 9.59 Å². The molecule has 3 atom stereocenters. The number of amides is 2. The Bertz CT molecular complexity index is 957. The van der Waals surface area contributed by atoms with Crippen LogP contribution in [0.1, 0.15) is 36.0 Å². The van der Waals surface area contributed by atoms with E-state index in [1.165, 1.54) is 5.56 Å². The van der Waals surface area contributed by atoms with E-state index >= 15 is 0 Å². The van der Waals surface area contributed by atoms with Crippen molar-refractivity contribution in [3.05, 3.63) is 76.2 Å². The van der Waals surface area contributed by atoms with Crippen LogP contribution in [-0.2, 0) is 16.1 Å². The summed E-state index contributed by atoms with van der Waals surface area (Å²) in [5.41, 5.74) is 3.36. The van der Waals surface area contributed by atoms with Crippen molar-refractivity contribution in [3.63, 3.8) is 0 Å². The second-order valence-corrected chi connectivity index (χ2v) is 9.50. The van der Waals surface area contributed by atoms with Crippen LogP contribution in [-0.4, -0.2) is 35.1 Å². The first-order chi connectivity index (χ1) is 14.5. The van der Waals surface area contributed by atoms with Gasteiger partial charge in [0, 0.05) is 30.8 Å². The zero-order chi connectivity index (χ0) is 21.1. The summed E-state index contributed by atoms with van der Waals surface area (Å²) in [5, 5.41) is 3.43. The highest BCUT2D eigenvalue weighted by atomic mass is 32.2. The van der Waals surface area contributed by atoms with Crippen molar-refractivity contribution >= 4 is 29.7 Å². The molecule has 1 N–H and O–H groups in total. The molecule has 2 amide bonds. The summed E-state index contributed by atoms with van der Waals surface area (Å²) in [4.78, 5) is 28.4. The molecule has 1 aliphatic heterocycles. The Balaban J connectivity index is 1.41. The lowest BCUT2D eigenvalue weighted by molar-refractivity contribution is -0.132. The average molecular weight is 421 g/mol. The normalized spacial score (nSPS) is 25.1. The molecule has 0 aromatic heterocycles. The van der Waals surface area contributed by atoms with Crippen molar-refractivity contribution in [2.24, 2.45) is 5.92 Å². The Kier molecular flexibility index (Phi) is 6.28. The molecule has 0 radical (unpaired) electrons. The van der Waals surface area contributed by atoms with Crippen LogP contribution in [0.4, 0.5) is 0 Å². The van der Waals surface area contributed by atoms with E-state index < -0.39 is 0 Å². The molecule has 4 nitrogen and oxygen atoms in total. The van der Waals surface area contributed by atoms with E-state index in [0.29, 0.717) is 11.8 Å². The van der Waals surface area contributed by atoms with Gasteiger partial charge in [-0.2, -0.15) is 0 Å². The maximum atomic E-state index is 13.0. The van der Waals surface area contributed by atoms with Crippen molar-refractivity contribution in [1.82, 2.24) is 10.2 Å². The predicted octanol–water partition coefficient (Wildman–Crippen LogP) is 4.39. The van der Waals surface area contributed by atoms with Crippen molar-refractivity contribution in [3.8, 4) is 0 Å². The van der Waals surface area contributed by atoms with Gasteiger partial charge in [-0.1, -0.05) is 54.6 Å². The molecule has 2 fully saturated rings. The maximum Gasteiger partial charge on any atom is 0.260 e. The minimum absolute atomic E-state index is 0.0345. The molecule has 1 heterocycles. The maximum absolute atomic E-state index is 13.0. The van der Waals surface area contributed by atoms with Gasteiger partial charge in [-0.25, -0.2) is 0 Å². The summed E-state index contributed by atoms with van der Waals surface area (Å²) < 4.78 is 0. The van der Waals surface area contributed by atoms with Crippen LogP contribution in [0.5, 0.6) is 0 Å². The van der Waals surface area contributed by atoms with Crippen LogP contribution in [0.15, 0.2) is 59.5 Å². The Hall–Kier alpha value is -2.53. The van der Waals surface area contributed by atoms with Gasteiger partial charge in [-0.15, -0.1) is 11.8 Å². The zero-order valence-electron chi connectivity index (χ0n) is 17.5. The zero-order valence-corrected chi connectivity index (χ0v) is 18.3. The first kappa shape index (κ1) is 20.7. The van der Waals surface area contributed by atoms with Crippen LogP contribution in [0.3, 0.4) is 0 Å². The number of carbonyl (C=O) groups is 2. The number of hydrogen-bond donors (Lipinski definition) is 1. The summed E-state index contributed by atoms with van der Waals surface area (Å²) in [6.07, 6.45) is 4.57. The molecule has 1 saturated carbocycles. The molecule has 5 heteroatoms. The molecule has 0 bridgehead atoms. The van der Waals surface area contributed by atoms with Gasteiger partial charge in [0.1, 0.15) is 0 Å². The lowest BCUT2D eigenvalue weighted by Crippen LogP contribution is -2.52. The molecule has 30 heavy (non-hydrogen) atoms. The number of nitrogens with one attached hydrogen (secondary N) is 1. The molecular weight excluding hydrogens is 392 g/mol. The van der Waals surface area contributed by atoms with Crippen molar-refractivity contribution < 1.29 is 9.59 Å². The molecule has 1 aliphatic carbocycles. The summed E-state index contributed by atoms with van der Waals surface area (Å²) in [6, 6.07) is 18.2. The Labute approximate surface area is 182 Å². The van der Waals surface area contributed by atoms with E-state index in [1.807, 2.05) is 60.5 Å². The number of likely N-dealkylation sites (N-methyl/N-ethyl adjacent to an activating group) is 1. The standard InChI is InChI=1S/C25H28N2O2S/c1-17-8-6-7-11-19(17)15-23-25(29)27(2)21-14-20(12-13-22(21)30-23)24(28)26-16-18-9-4-3-5-10-18/h3-11,15,20-22H,12-14,16H2,1-2H3,(H,26,28)/b23-15-. The number of carbonyl (C=O) groups excluding carboxylic acids is 2. The highest BCUT2D eigenvalue weighted by Crippen LogP contribution is 2.43. The van der Waals surface area contributed by atoms with Gasteiger partial charge in [0.2, 0.25) is 5.91 Å². The van der Waals surface area contributed by atoms with Gasteiger partial charge in [0.05, 0.1) is 4.91 Å². The van der Waals surface area contributed by atoms with Gasteiger partial charge in [0.15, 0.2) is 0 Å². The Morgan fingerprint density at radius 1 is 1.13 bits per heavy atom. The Morgan fingerprint density at radius 3 is 2.63 bits per heavy atom. The fourth-order valence-corrected chi connectivity index (χ4v) is 5.83. The molecule has 2 aromatic carbocycles. The quantitative estimate of drug-likeness (QED) is 0.746. The first-order valence-electron chi connectivity index (χ1n) is 10.6. The van der Waals surface area contributed by atoms with E-state index in [1.54, 1.807) is 11.8 Å². The number of rotatable bonds is 4. The number of hydrogen-bond acceptors (Lipinski definition) is 3. The minimum Gasteiger partial charge on any atom is -0.352 e. The van der Waals surface area contributed by atoms with Crippen LogP contribution < -0.4 is 5.32 Å². The largest absolute Gasteiger partial charge is 0.352 e. The topological polar surface area (TPSA) is 49.4 Å². The number of fused-ring (bicyclic) bond motifs is 1. The first-order valence-corrected chi connectivity index (χ1v) is 11.4. The molecule has 3 unspecified atom stereocenters. The third-order valence-electron chi connectivity index (χ3n) is 6.22. The molecule has 2 aliphatic rings. The van der Waals surface area contributed by atoms with Crippen LogP contribution in [0.2, 0.25) is 0 Å². The molecular formula is C25H28N2O2S. The van der Waals surface area contributed by atoms with E-state index in [0.717, 1.165) is 35.3 Å². The lowest BCUT2D eigenvalue weighted by Gasteiger charge is -2.44.